The smallest absolute Gasteiger partial charge is 0.280 e. The minimum atomic E-state index is -0.343. The summed E-state index contributed by atoms with van der Waals surface area (Å²) in [5.74, 6) is -0.677. The number of para-hydroxylation sites is 1. The molecule has 0 unspecified atom stereocenters. The van der Waals surface area contributed by atoms with Crippen LogP contribution < -0.4 is 4.80 Å². The topological polar surface area (TPSA) is 43.6 Å². The first kappa shape index (κ1) is 17.6. The van der Waals surface area contributed by atoms with E-state index in [9.17, 15) is 9.18 Å². The van der Waals surface area contributed by atoms with Crippen molar-refractivity contribution in [3.63, 3.8) is 0 Å². The van der Waals surface area contributed by atoms with Crippen molar-refractivity contribution in [1.29, 1.82) is 0 Å². The molecule has 4 rings (SSSR count). The number of hydrogen-bond acceptors (Lipinski definition) is 3. The molecule has 0 bridgehead atoms. The van der Waals surface area contributed by atoms with Crippen molar-refractivity contribution in [2.24, 2.45) is 4.99 Å². The van der Waals surface area contributed by atoms with Crippen LogP contribution in [0, 0.1) is 5.82 Å². The Morgan fingerprint density at radius 3 is 2.74 bits per heavy atom. The van der Waals surface area contributed by atoms with Crippen LogP contribution in [0.25, 0.3) is 21.0 Å². The van der Waals surface area contributed by atoms with Crippen LogP contribution >= 0.6 is 11.3 Å². The van der Waals surface area contributed by atoms with E-state index in [4.69, 9.17) is 4.74 Å². The number of thiazole rings is 1. The summed E-state index contributed by atoms with van der Waals surface area (Å²) in [6.07, 6.45) is 0. The van der Waals surface area contributed by atoms with Gasteiger partial charge in [-0.3, -0.25) is 4.79 Å². The Balaban J connectivity index is 1.89. The fraction of sp³-hybridized carbons (Fsp3) is 0.143. The van der Waals surface area contributed by atoms with Crippen LogP contribution in [0.2, 0.25) is 0 Å². The molecule has 0 radical (unpaired) electrons. The second-order valence-corrected chi connectivity index (χ2v) is 7.07. The maximum atomic E-state index is 14.4. The Morgan fingerprint density at radius 2 is 1.89 bits per heavy atom. The Hall–Kier alpha value is -2.83. The molecule has 4 aromatic rings. The van der Waals surface area contributed by atoms with Gasteiger partial charge in [-0.15, -0.1) is 0 Å². The Bertz CT molecular complexity index is 1200. The normalized spacial score (nSPS) is 12.1. The third kappa shape index (κ3) is 3.29. The number of ether oxygens (including phenoxy) is 1. The zero-order chi connectivity index (χ0) is 18.8. The summed E-state index contributed by atoms with van der Waals surface area (Å²) in [6.45, 7) is 0.814. The predicted octanol–water partition coefficient (Wildman–Crippen LogP) is 4.38. The van der Waals surface area contributed by atoms with Gasteiger partial charge in [0.05, 0.1) is 16.8 Å². The number of carbonyl (C=O) groups excluding carboxylic acids is 1. The first-order valence-corrected chi connectivity index (χ1v) is 9.34. The molecule has 1 heterocycles. The maximum Gasteiger partial charge on any atom is 0.280 e. The molecule has 136 valence electrons. The number of benzene rings is 3. The second kappa shape index (κ2) is 7.42. The average Bonchev–Trinajstić information content (AvgIpc) is 3.04. The quantitative estimate of drug-likeness (QED) is 0.527. The molecule has 0 aliphatic heterocycles. The lowest BCUT2D eigenvalue weighted by atomic mass is 10.0. The molecule has 0 saturated carbocycles. The van der Waals surface area contributed by atoms with Gasteiger partial charge in [-0.2, -0.15) is 4.99 Å². The minimum Gasteiger partial charge on any atom is -0.383 e. The highest BCUT2D eigenvalue weighted by Crippen LogP contribution is 2.22. The lowest BCUT2D eigenvalue weighted by Crippen LogP contribution is -2.20. The molecule has 0 aliphatic rings. The van der Waals surface area contributed by atoms with Crippen molar-refractivity contribution in [1.82, 2.24) is 4.57 Å². The number of halogens is 1. The maximum absolute atomic E-state index is 14.4. The van der Waals surface area contributed by atoms with E-state index in [-0.39, 0.29) is 11.7 Å². The largest absolute Gasteiger partial charge is 0.383 e. The number of methoxy groups -OCH3 is 1. The highest BCUT2D eigenvalue weighted by Gasteiger charge is 2.13. The Morgan fingerprint density at radius 1 is 1.11 bits per heavy atom. The van der Waals surface area contributed by atoms with E-state index in [0.29, 0.717) is 29.0 Å². The van der Waals surface area contributed by atoms with Crippen LogP contribution in [0.4, 0.5) is 4.39 Å². The van der Waals surface area contributed by atoms with E-state index in [1.54, 1.807) is 23.8 Å². The molecule has 3 aromatic carbocycles. The third-order valence-corrected chi connectivity index (χ3v) is 5.43. The molecule has 1 aromatic heterocycles. The van der Waals surface area contributed by atoms with Gasteiger partial charge in [-0.25, -0.2) is 4.39 Å². The van der Waals surface area contributed by atoms with Crippen molar-refractivity contribution in [3.8, 4) is 0 Å². The molecule has 0 aliphatic carbocycles. The van der Waals surface area contributed by atoms with Crippen molar-refractivity contribution < 1.29 is 13.9 Å². The van der Waals surface area contributed by atoms with Gasteiger partial charge in [0.1, 0.15) is 5.82 Å². The summed E-state index contributed by atoms with van der Waals surface area (Å²) in [6, 6.07) is 18.2. The van der Waals surface area contributed by atoms with E-state index in [1.807, 2.05) is 42.5 Å². The van der Waals surface area contributed by atoms with Gasteiger partial charge in [0.25, 0.3) is 5.91 Å². The summed E-state index contributed by atoms with van der Waals surface area (Å²) in [5, 5.41) is 1.83. The van der Waals surface area contributed by atoms with Gasteiger partial charge in [-0.1, -0.05) is 53.8 Å². The average molecular weight is 380 g/mol. The molecule has 1 amide bonds. The minimum absolute atomic E-state index is 0.334. The molecule has 27 heavy (non-hydrogen) atoms. The van der Waals surface area contributed by atoms with Crippen molar-refractivity contribution in [3.05, 3.63) is 76.8 Å². The van der Waals surface area contributed by atoms with Crippen LogP contribution in [0.15, 0.2) is 65.7 Å². The molecule has 6 heteroatoms. The highest BCUT2D eigenvalue weighted by molar-refractivity contribution is 7.16. The highest BCUT2D eigenvalue weighted by atomic mass is 32.1. The third-order valence-electron chi connectivity index (χ3n) is 4.39. The van der Waals surface area contributed by atoms with E-state index >= 15 is 0 Å². The van der Waals surface area contributed by atoms with E-state index < -0.39 is 0 Å². The summed E-state index contributed by atoms with van der Waals surface area (Å²) in [7, 11) is 1.59. The van der Waals surface area contributed by atoms with E-state index in [2.05, 4.69) is 4.99 Å². The zero-order valence-electron chi connectivity index (χ0n) is 14.7. The monoisotopic (exact) mass is 380 g/mol. The summed E-state index contributed by atoms with van der Waals surface area (Å²) < 4.78 is 22.0. The first-order chi connectivity index (χ1) is 13.2. The fourth-order valence-electron chi connectivity index (χ4n) is 3.12. The van der Waals surface area contributed by atoms with Crippen LogP contribution in [-0.4, -0.2) is 24.2 Å². The second-order valence-electron chi connectivity index (χ2n) is 6.06. The standard InChI is InChI=1S/C21H17FN2O2S/c1-26-13-12-24-19-17(22)10-5-11-18(19)27-21(24)23-20(25)16-9-4-7-14-6-2-3-8-15(14)16/h2-11H,12-13H2,1H3. The van der Waals surface area contributed by atoms with Crippen molar-refractivity contribution in [2.45, 2.75) is 6.54 Å². The van der Waals surface area contributed by atoms with Crippen molar-refractivity contribution in [2.75, 3.05) is 13.7 Å². The van der Waals surface area contributed by atoms with Crippen LogP contribution in [-0.2, 0) is 11.3 Å². The van der Waals surface area contributed by atoms with Crippen molar-refractivity contribution >= 4 is 38.2 Å². The number of carbonyl (C=O) groups is 1. The molecule has 0 saturated heterocycles. The summed E-state index contributed by atoms with van der Waals surface area (Å²) in [4.78, 5) is 17.7. The fourth-order valence-corrected chi connectivity index (χ4v) is 4.19. The molecular formula is C21H17FN2O2S. The zero-order valence-corrected chi connectivity index (χ0v) is 15.5. The van der Waals surface area contributed by atoms with Gasteiger partial charge in [0.15, 0.2) is 4.80 Å². The van der Waals surface area contributed by atoms with Gasteiger partial charge < -0.3 is 9.30 Å². The SMILES string of the molecule is COCCn1c(=NC(=O)c2cccc3ccccc23)sc2cccc(F)c21. The molecule has 0 atom stereocenters. The number of hydrogen-bond donors (Lipinski definition) is 0. The number of nitrogens with zero attached hydrogens (tertiary/aromatic N) is 2. The number of aromatic nitrogens is 1. The summed E-state index contributed by atoms with van der Waals surface area (Å²) in [5.41, 5.74) is 0.980. The van der Waals surface area contributed by atoms with Gasteiger partial charge in [0, 0.05) is 19.2 Å². The predicted molar refractivity (Wildman–Crippen MR) is 105 cm³/mol. The molecule has 4 nitrogen and oxygen atoms in total. The molecule has 0 N–H and O–H groups in total. The van der Waals surface area contributed by atoms with E-state index in [1.165, 1.54) is 17.4 Å². The number of rotatable bonds is 4. The molecule has 0 spiro atoms. The van der Waals surface area contributed by atoms with Gasteiger partial charge >= 0.3 is 0 Å². The first-order valence-electron chi connectivity index (χ1n) is 8.52. The van der Waals surface area contributed by atoms with Gasteiger partial charge in [-0.05, 0) is 29.0 Å². The number of amides is 1. The molecular weight excluding hydrogens is 363 g/mol. The Kier molecular flexibility index (Phi) is 4.83. The lowest BCUT2D eigenvalue weighted by Gasteiger charge is -2.05. The lowest BCUT2D eigenvalue weighted by molar-refractivity contribution is 0.0999. The number of fused-ring (bicyclic) bond motifs is 2. The van der Waals surface area contributed by atoms with Crippen LogP contribution in [0.1, 0.15) is 10.4 Å². The van der Waals surface area contributed by atoms with Crippen LogP contribution in [0.5, 0.6) is 0 Å². The Labute approximate surface area is 159 Å². The van der Waals surface area contributed by atoms with Crippen LogP contribution in [0.3, 0.4) is 0 Å². The molecule has 0 fully saturated rings. The van der Waals surface area contributed by atoms with Gasteiger partial charge in [0.2, 0.25) is 0 Å². The summed E-state index contributed by atoms with van der Waals surface area (Å²) >= 11 is 1.30. The van der Waals surface area contributed by atoms with E-state index in [0.717, 1.165) is 15.5 Å².